The van der Waals surface area contributed by atoms with Crippen LogP contribution in [0.4, 0.5) is 5.13 Å². The van der Waals surface area contributed by atoms with Crippen molar-refractivity contribution in [1.29, 1.82) is 0 Å². The monoisotopic (exact) mass is 251 g/mol. The standard InChI is InChI=1S/C11H13N3S2/c1-3-15-9-6-4-8(5-7-9)10-13-11(12-2)16-14-10/h4-7H,3H2,1-2H3,(H,12,13,14). The molecule has 1 aromatic heterocycles. The summed E-state index contributed by atoms with van der Waals surface area (Å²) in [5.41, 5.74) is 1.07. The zero-order valence-electron chi connectivity index (χ0n) is 9.23. The Bertz CT molecular complexity index is 451. The van der Waals surface area contributed by atoms with E-state index in [1.54, 1.807) is 0 Å². The number of nitrogens with zero attached hydrogens (tertiary/aromatic N) is 2. The molecular formula is C11H13N3S2. The molecule has 0 amide bonds. The van der Waals surface area contributed by atoms with E-state index >= 15 is 0 Å². The second kappa shape index (κ2) is 5.32. The number of rotatable bonds is 4. The molecule has 84 valence electrons. The van der Waals surface area contributed by atoms with E-state index in [9.17, 15) is 0 Å². The van der Waals surface area contributed by atoms with Gasteiger partial charge in [0.2, 0.25) is 5.13 Å². The first-order chi connectivity index (χ1) is 7.83. The minimum absolute atomic E-state index is 0.794. The third kappa shape index (κ3) is 2.54. The normalized spacial score (nSPS) is 10.4. The van der Waals surface area contributed by atoms with Gasteiger partial charge in [-0.25, -0.2) is 0 Å². The number of nitrogens with one attached hydrogen (secondary N) is 1. The molecule has 1 heterocycles. The van der Waals surface area contributed by atoms with Gasteiger partial charge in [-0.3, -0.25) is 0 Å². The summed E-state index contributed by atoms with van der Waals surface area (Å²) in [5, 5.41) is 3.84. The molecule has 0 unspecified atom stereocenters. The Labute approximate surface area is 103 Å². The van der Waals surface area contributed by atoms with Crippen molar-refractivity contribution in [3.05, 3.63) is 24.3 Å². The van der Waals surface area contributed by atoms with Crippen LogP contribution in [0.1, 0.15) is 6.92 Å². The summed E-state index contributed by atoms with van der Waals surface area (Å²) in [6.07, 6.45) is 0. The molecule has 0 aliphatic heterocycles. The first-order valence-corrected chi connectivity index (χ1v) is 6.84. The first kappa shape index (κ1) is 11.4. The van der Waals surface area contributed by atoms with Gasteiger partial charge in [0.25, 0.3) is 0 Å². The Morgan fingerprint density at radius 2 is 2.06 bits per heavy atom. The molecule has 0 aliphatic rings. The number of benzene rings is 1. The van der Waals surface area contributed by atoms with Crippen molar-refractivity contribution in [1.82, 2.24) is 9.36 Å². The Hall–Kier alpha value is -1.07. The topological polar surface area (TPSA) is 37.8 Å². The largest absolute Gasteiger partial charge is 0.363 e. The molecule has 0 radical (unpaired) electrons. The highest BCUT2D eigenvalue weighted by Gasteiger charge is 2.04. The van der Waals surface area contributed by atoms with Crippen molar-refractivity contribution in [3.63, 3.8) is 0 Å². The van der Waals surface area contributed by atoms with E-state index < -0.39 is 0 Å². The van der Waals surface area contributed by atoms with Crippen LogP contribution in [0.3, 0.4) is 0 Å². The van der Waals surface area contributed by atoms with Gasteiger partial charge in [-0.05, 0) is 17.9 Å². The molecule has 16 heavy (non-hydrogen) atoms. The van der Waals surface area contributed by atoms with Crippen LogP contribution in [0.5, 0.6) is 0 Å². The molecular weight excluding hydrogens is 238 g/mol. The molecule has 3 nitrogen and oxygen atoms in total. The Morgan fingerprint density at radius 3 is 2.62 bits per heavy atom. The van der Waals surface area contributed by atoms with E-state index in [0.717, 1.165) is 22.3 Å². The highest BCUT2D eigenvalue weighted by atomic mass is 32.2. The molecule has 1 aromatic carbocycles. The quantitative estimate of drug-likeness (QED) is 0.846. The molecule has 0 aliphatic carbocycles. The zero-order valence-corrected chi connectivity index (χ0v) is 10.9. The Kier molecular flexibility index (Phi) is 3.79. The lowest BCUT2D eigenvalue weighted by Crippen LogP contribution is -1.86. The predicted molar refractivity (Wildman–Crippen MR) is 71.3 cm³/mol. The predicted octanol–water partition coefficient (Wildman–Crippen LogP) is 3.36. The van der Waals surface area contributed by atoms with E-state index in [1.165, 1.54) is 16.4 Å². The van der Waals surface area contributed by atoms with Gasteiger partial charge in [0.1, 0.15) is 0 Å². The number of aromatic nitrogens is 2. The molecule has 0 atom stereocenters. The van der Waals surface area contributed by atoms with E-state index in [2.05, 4.69) is 45.9 Å². The SMILES string of the molecule is CCSc1ccc(-c2nsc(NC)n2)cc1. The van der Waals surface area contributed by atoms with Crippen LogP contribution < -0.4 is 5.32 Å². The number of anilines is 1. The minimum Gasteiger partial charge on any atom is -0.363 e. The zero-order chi connectivity index (χ0) is 11.4. The van der Waals surface area contributed by atoms with Crippen LogP contribution in [-0.4, -0.2) is 22.2 Å². The van der Waals surface area contributed by atoms with E-state index in [4.69, 9.17) is 0 Å². The fourth-order valence-electron chi connectivity index (χ4n) is 1.31. The summed E-state index contributed by atoms with van der Waals surface area (Å²) in [5.74, 6) is 1.89. The second-order valence-corrected chi connectivity index (χ2v) is 5.22. The molecule has 2 rings (SSSR count). The van der Waals surface area contributed by atoms with E-state index in [-0.39, 0.29) is 0 Å². The van der Waals surface area contributed by atoms with E-state index in [0.29, 0.717) is 0 Å². The minimum atomic E-state index is 0.794. The molecule has 0 bridgehead atoms. The van der Waals surface area contributed by atoms with Crippen molar-refractivity contribution >= 4 is 28.4 Å². The molecule has 0 fully saturated rings. The maximum absolute atomic E-state index is 4.36. The average Bonchev–Trinajstić information content (AvgIpc) is 2.79. The Balaban J connectivity index is 2.20. The molecule has 1 N–H and O–H groups in total. The summed E-state index contributed by atoms with van der Waals surface area (Å²) in [4.78, 5) is 5.65. The highest BCUT2D eigenvalue weighted by molar-refractivity contribution is 7.99. The van der Waals surface area contributed by atoms with Gasteiger partial charge >= 0.3 is 0 Å². The second-order valence-electron chi connectivity index (χ2n) is 3.13. The lowest BCUT2D eigenvalue weighted by atomic mass is 10.2. The molecule has 0 saturated heterocycles. The molecule has 2 aromatic rings. The Morgan fingerprint density at radius 1 is 1.31 bits per heavy atom. The maximum Gasteiger partial charge on any atom is 0.202 e. The van der Waals surface area contributed by atoms with Crippen LogP contribution in [-0.2, 0) is 0 Å². The number of thioether (sulfide) groups is 1. The molecule has 5 heteroatoms. The van der Waals surface area contributed by atoms with Crippen LogP contribution in [0, 0.1) is 0 Å². The first-order valence-electron chi connectivity index (χ1n) is 5.08. The van der Waals surface area contributed by atoms with Gasteiger partial charge in [0, 0.05) is 29.0 Å². The molecule has 0 saturated carbocycles. The fourth-order valence-corrected chi connectivity index (χ4v) is 2.51. The van der Waals surface area contributed by atoms with Crippen molar-refractivity contribution in [2.45, 2.75) is 11.8 Å². The van der Waals surface area contributed by atoms with Crippen molar-refractivity contribution in [2.24, 2.45) is 0 Å². The molecule has 0 spiro atoms. The van der Waals surface area contributed by atoms with Gasteiger partial charge in [-0.15, -0.1) is 11.8 Å². The maximum atomic E-state index is 4.36. The van der Waals surface area contributed by atoms with Crippen molar-refractivity contribution < 1.29 is 0 Å². The van der Waals surface area contributed by atoms with Gasteiger partial charge in [0.05, 0.1) is 0 Å². The summed E-state index contributed by atoms with van der Waals surface area (Å²) in [7, 11) is 1.85. The third-order valence-electron chi connectivity index (χ3n) is 2.06. The third-order valence-corrected chi connectivity index (χ3v) is 3.69. The van der Waals surface area contributed by atoms with Gasteiger partial charge in [-0.2, -0.15) is 9.36 Å². The summed E-state index contributed by atoms with van der Waals surface area (Å²) >= 11 is 3.22. The van der Waals surface area contributed by atoms with Crippen LogP contribution >= 0.6 is 23.3 Å². The number of hydrogen-bond acceptors (Lipinski definition) is 5. The van der Waals surface area contributed by atoms with Crippen LogP contribution in [0.15, 0.2) is 29.2 Å². The highest BCUT2D eigenvalue weighted by Crippen LogP contribution is 2.24. The lowest BCUT2D eigenvalue weighted by Gasteiger charge is -1.99. The number of hydrogen-bond donors (Lipinski definition) is 1. The van der Waals surface area contributed by atoms with Gasteiger partial charge < -0.3 is 5.32 Å². The lowest BCUT2D eigenvalue weighted by molar-refractivity contribution is 1.30. The smallest absolute Gasteiger partial charge is 0.202 e. The summed E-state index contributed by atoms with van der Waals surface area (Å²) in [6, 6.07) is 8.37. The van der Waals surface area contributed by atoms with Crippen molar-refractivity contribution in [3.8, 4) is 11.4 Å². The van der Waals surface area contributed by atoms with Crippen LogP contribution in [0.25, 0.3) is 11.4 Å². The van der Waals surface area contributed by atoms with Crippen LogP contribution in [0.2, 0.25) is 0 Å². The average molecular weight is 251 g/mol. The van der Waals surface area contributed by atoms with Crippen molar-refractivity contribution in [2.75, 3.05) is 18.1 Å². The summed E-state index contributed by atoms with van der Waals surface area (Å²) < 4.78 is 4.29. The van der Waals surface area contributed by atoms with Gasteiger partial charge in [0.15, 0.2) is 5.82 Å². The fraction of sp³-hybridized carbons (Fsp3) is 0.273. The summed E-state index contributed by atoms with van der Waals surface area (Å²) in [6.45, 7) is 2.15. The van der Waals surface area contributed by atoms with Gasteiger partial charge in [-0.1, -0.05) is 19.1 Å². The van der Waals surface area contributed by atoms with E-state index in [1.807, 2.05) is 18.8 Å².